The largest absolute Gasteiger partial charge is 0.508 e. The smallest absolute Gasteiger partial charge is 0.251 e. The maximum Gasteiger partial charge on any atom is 0.251 e. The van der Waals surface area contributed by atoms with Crippen molar-refractivity contribution in [1.82, 2.24) is 5.32 Å². The van der Waals surface area contributed by atoms with Crippen LogP contribution in [0.3, 0.4) is 0 Å². The SMILES string of the molecule is CCC(Cl)CNC(=O)c1cccc(O)c1. The summed E-state index contributed by atoms with van der Waals surface area (Å²) < 4.78 is 0. The van der Waals surface area contributed by atoms with E-state index in [0.717, 1.165) is 6.42 Å². The van der Waals surface area contributed by atoms with Crippen molar-refractivity contribution in [2.24, 2.45) is 0 Å². The van der Waals surface area contributed by atoms with E-state index in [2.05, 4.69) is 5.32 Å². The number of hydrogen-bond donors (Lipinski definition) is 2. The topological polar surface area (TPSA) is 49.3 Å². The Balaban J connectivity index is 2.54. The molecule has 0 heterocycles. The average Bonchev–Trinajstić information content (AvgIpc) is 2.25. The number of aromatic hydroxyl groups is 1. The van der Waals surface area contributed by atoms with Gasteiger partial charge in [-0.2, -0.15) is 0 Å². The molecule has 0 saturated heterocycles. The zero-order valence-corrected chi connectivity index (χ0v) is 9.29. The van der Waals surface area contributed by atoms with E-state index in [-0.39, 0.29) is 17.0 Å². The van der Waals surface area contributed by atoms with Crippen LogP contribution in [0.4, 0.5) is 0 Å². The molecule has 1 amide bonds. The summed E-state index contributed by atoms with van der Waals surface area (Å²) in [5.74, 6) is -0.134. The summed E-state index contributed by atoms with van der Waals surface area (Å²) in [4.78, 5) is 11.5. The first-order chi connectivity index (χ1) is 7.13. The molecule has 82 valence electrons. The molecular weight excluding hydrogens is 214 g/mol. The lowest BCUT2D eigenvalue weighted by Crippen LogP contribution is -2.29. The fourth-order valence-electron chi connectivity index (χ4n) is 1.10. The number of phenolic OH excluding ortho intramolecular Hbond substituents is 1. The van der Waals surface area contributed by atoms with Gasteiger partial charge in [0.15, 0.2) is 0 Å². The van der Waals surface area contributed by atoms with Gasteiger partial charge in [-0.05, 0) is 24.6 Å². The lowest BCUT2D eigenvalue weighted by molar-refractivity contribution is 0.0953. The zero-order chi connectivity index (χ0) is 11.3. The van der Waals surface area contributed by atoms with Crippen LogP contribution in [0, 0.1) is 0 Å². The van der Waals surface area contributed by atoms with E-state index in [1.165, 1.54) is 12.1 Å². The van der Waals surface area contributed by atoms with E-state index < -0.39 is 0 Å². The Morgan fingerprint density at radius 1 is 1.60 bits per heavy atom. The quantitative estimate of drug-likeness (QED) is 0.775. The third-order valence-corrected chi connectivity index (χ3v) is 2.50. The van der Waals surface area contributed by atoms with Crippen LogP contribution in [0.5, 0.6) is 5.75 Å². The summed E-state index contributed by atoms with van der Waals surface area (Å²) in [6.07, 6.45) is 0.807. The lowest BCUT2D eigenvalue weighted by atomic mass is 10.2. The third kappa shape index (κ3) is 3.80. The van der Waals surface area contributed by atoms with Gasteiger partial charge in [-0.25, -0.2) is 0 Å². The zero-order valence-electron chi connectivity index (χ0n) is 8.53. The van der Waals surface area contributed by atoms with Crippen molar-refractivity contribution >= 4 is 17.5 Å². The molecule has 0 saturated carbocycles. The molecule has 1 aromatic rings. The van der Waals surface area contributed by atoms with Crippen LogP contribution >= 0.6 is 11.6 Å². The lowest BCUT2D eigenvalue weighted by Gasteiger charge is -2.08. The highest BCUT2D eigenvalue weighted by Gasteiger charge is 2.07. The Bertz CT molecular complexity index is 341. The first kappa shape index (κ1) is 11.9. The van der Waals surface area contributed by atoms with Gasteiger partial charge in [0.25, 0.3) is 5.91 Å². The van der Waals surface area contributed by atoms with Gasteiger partial charge >= 0.3 is 0 Å². The number of hydrogen-bond acceptors (Lipinski definition) is 2. The summed E-state index contributed by atoms with van der Waals surface area (Å²) >= 11 is 5.86. The number of nitrogens with one attached hydrogen (secondary N) is 1. The van der Waals surface area contributed by atoms with E-state index >= 15 is 0 Å². The number of alkyl halides is 1. The number of carbonyl (C=O) groups is 1. The first-order valence-corrected chi connectivity index (χ1v) is 5.28. The molecule has 1 unspecified atom stereocenters. The molecule has 0 aliphatic heterocycles. The van der Waals surface area contributed by atoms with Gasteiger partial charge in [0.1, 0.15) is 5.75 Å². The highest BCUT2D eigenvalue weighted by molar-refractivity contribution is 6.20. The highest BCUT2D eigenvalue weighted by atomic mass is 35.5. The Kier molecular flexibility index (Phi) is 4.43. The van der Waals surface area contributed by atoms with Crippen LogP contribution in [0.1, 0.15) is 23.7 Å². The van der Waals surface area contributed by atoms with Crippen LogP contribution in [-0.2, 0) is 0 Å². The molecule has 0 bridgehead atoms. The molecule has 0 aliphatic rings. The predicted molar refractivity (Wildman–Crippen MR) is 60.4 cm³/mol. The minimum atomic E-state index is -0.218. The Morgan fingerprint density at radius 2 is 2.33 bits per heavy atom. The summed E-state index contributed by atoms with van der Waals surface area (Å²) in [5, 5.41) is 11.8. The molecular formula is C11H14ClNO2. The van der Waals surface area contributed by atoms with Crippen molar-refractivity contribution in [1.29, 1.82) is 0 Å². The second-order valence-electron chi connectivity index (χ2n) is 3.27. The second-order valence-corrected chi connectivity index (χ2v) is 3.88. The number of halogens is 1. The third-order valence-electron chi connectivity index (χ3n) is 2.04. The average molecular weight is 228 g/mol. The number of phenols is 1. The van der Waals surface area contributed by atoms with Crippen molar-refractivity contribution in [2.75, 3.05) is 6.54 Å². The van der Waals surface area contributed by atoms with Gasteiger partial charge in [0, 0.05) is 12.1 Å². The van der Waals surface area contributed by atoms with Gasteiger partial charge in [0.05, 0.1) is 5.38 Å². The van der Waals surface area contributed by atoms with E-state index in [9.17, 15) is 9.90 Å². The van der Waals surface area contributed by atoms with Crippen LogP contribution in [-0.4, -0.2) is 22.9 Å². The van der Waals surface area contributed by atoms with E-state index in [1.807, 2.05) is 6.92 Å². The van der Waals surface area contributed by atoms with Crippen molar-refractivity contribution in [3.63, 3.8) is 0 Å². The second kappa shape index (κ2) is 5.61. The fraction of sp³-hybridized carbons (Fsp3) is 0.364. The predicted octanol–water partition coefficient (Wildman–Crippen LogP) is 2.14. The van der Waals surface area contributed by atoms with Crippen LogP contribution in [0.25, 0.3) is 0 Å². The van der Waals surface area contributed by atoms with Crippen LogP contribution in [0.2, 0.25) is 0 Å². The molecule has 1 aromatic carbocycles. The Hall–Kier alpha value is -1.22. The van der Waals surface area contributed by atoms with Crippen molar-refractivity contribution in [3.05, 3.63) is 29.8 Å². The maximum absolute atomic E-state index is 11.5. The minimum absolute atomic E-state index is 0.0498. The molecule has 2 N–H and O–H groups in total. The normalized spacial score (nSPS) is 12.1. The fourth-order valence-corrected chi connectivity index (χ4v) is 1.17. The molecule has 4 heteroatoms. The minimum Gasteiger partial charge on any atom is -0.508 e. The molecule has 0 aromatic heterocycles. The van der Waals surface area contributed by atoms with Gasteiger partial charge in [-0.1, -0.05) is 13.0 Å². The molecule has 1 rings (SSSR count). The number of benzene rings is 1. The summed E-state index contributed by atoms with van der Waals surface area (Å²) in [6, 6.07) is 6.21. The van der Waals surface area contributed by atoms with E-state index in [4.69, 9.17) is 11.6 Å². The van der Waals surface area contributed by atoms with Gasteiger partial charge in [-0.15, -0.1) is 11.6 Å². The van der Waals surface area contributed by atoms with Crippen molar-refractivity contribution < 1.29 is 9.90 Å². The summed E-state index contributed by atoms with van der Waals surface area (Å²) in [6.45, 7) is 2.39. The van der Waals surface area contributed by atoms with Crippen LogP contribution in [0.15, 0.2) is 24.3 Å². The summed E-state index contributed by atoms with van der Waals surface area (Å²) in [5.41, 5.74) is 0.440. The number of amides is 1. The molecule has 3 nitrogen and oxygen atoms in total. The molecule has 15 heavy (non-hydrogen) atoms. The van der Waals surface area contributed by atoms with Crippen molar-refractivity contribution in [2.45, 2.75) is 18.7 Å². The highest BCUT2D eigenvalue weighted by Crippen LogP contribution is 2.10. The number of carbonyl (C=O) groups excluding carboxylic acids is 1. The van der Waals surface area contributed by atoms with E-state index in [1.54, 1.807) is 12.1 Å². The van der Waals surface area contributed by atoms with Gasteiger partial charge < -0.3 is 10.4 Å². The standard InChI is InChI=1S/C11H14ClNO2/c1-2-9(12)7-13-11(15)8-4-3-5-10(14)6-8/h3-6,9,14H,2,7H2,1H3,(H,13,15). The first-order valence-electron chi connectivity index (χ1n) is 4.84. The maximum atomic E-state index is 11.5. The molecule has 0 spiro atoms. The monoisotopic (exact) mass is 227 g/mol. The molecule has 0 fully saturated rings. The Morgan fingerprint density at radius 3 is 2.93 bits per heavy atom. The van der Waals surface area contributed by atoms with E-state index in [0.29, 0.717) is 12.1 Å². The summed E-state index contributed by atoms with van der Waals surface area (Å²) in [7, 11) is 0. The molecule has 0 radical (unpaired) electrons. The van der Waals surface area contributed by atoms with Crippen molar-refractivity contribution in [3.8, 4) is 5.75 Å². The van der Waals surface area contributed by atoms with Crippen LogP contribution < -0.4 is 5.32 Å². The number of rotatable bonds is 4. The molecule has 0 aliphatic carbocycles. The Labute approximate surface area is 94.1 Å². The van der Waals surface area contributed by atoms with Gasteiger partial charge in [-0.3, -0.25) is 4.79 Å². The van der Waals surface area contributed by atoms with Gasteiger partial charge in [0.2, 0.25) is 0 Å². The molecule has 1 atom stereocenters.